The molecule has 0 aliphatic carbocycles. The Morgan fingerprint density at radius 1 is 1.06 bits per heavy atom. The highest BCUT2D eigenvalue weighted by Gasteiger charge is 2.26. The van der Waals surface area contributed by atoms with Crippen molar-refractivity contribution in [1.29, 1.82) is 0 Å². The number of thiazole rings is 1. The first kappa shape index (κ1) is 22.8. The molecule has 32 heavy (non-hydrogen) atoms. The predicted octanol–water partition coefficient (Wildman–Crippen LogP) is 4.27. The molecule has 170 valence electrons. The Labute approximate surface area is 191 Å². The second-order valence-electron chi connectivity index (χ2n) is 8.04. The van der Waals surface area contributed by atoms with Crippen LogP contribution in [0.4, 0.5) is 10.1 Å². The van der Waals surface area contributed by atoms with Gasteiger partial charge in [0.05, 0.1) is 29.5 Å². The van der Waals surface area contributed by atoms with Crippen LogP contribution in [0.5, 0.6) is 0 Å². The van der Waals surface area contributed by atoms with E-state index in [1.807, 2.05) is 17.5 Å². The lowest BCUT2D eigenvalue weighted by Gasteiger charge is -2.26. The lowest BCUT2D eigenvalue weighted by Crippen LogP contribution is -2.40. The molecule has 2 heterocycles. The van der Waals surface area contributed by atoms with Crippen molar-refractivity contribution in [2.45, 2.75) is 25.3 Å². The Hall–Kier alpha value is -2.33. The van der Waals surface area contributed by atoms with Crippen molar-refractivity contribution >= 4 is 27.0 Å². The number of aromatic nitrogens is 1. The van der Waals surface area contributed by atoms with Crippen molar-refractivity contribution in [3.63, 3.8) is 0 Å². The van der Waals surface area contributed by atoms with Gasteiger partial charge in [-0.2, -0.15) is 4.31 Å². The van der Waals surface area contributed by atoms with Gasteiger partial charge >= 0.3 is 0 Å². The van der Waals surface area contributed by atoms with Gasteiger partial charge in [-0.25, -0.2) is 17.8 Å². The minimum absolute atomic E-state index is 0.282. The van der Waals surface area contributed by atoms with Crippen LogP contribution in [0.15, 0.2) is 63.8 Å². The average Bonchev–Trinajstić information content (AvgIpc) is 3.17. The molecule has 0 radical (unpaired) electrons. The Morgan fingerprint density at radius 2 is 1.72 bits per heavy atom. The Kier molecular flexibility index (Phi) is 6.90. The molecule has 0 amide bonds. The zero-order chi connectivity index (χ0) is 22.7. The SMILES string of the molecule is CC(C)Cn1c(-c2ccc(S(=O)(=O)N3CCOCC3)cc2)csc1=Nc1ccc(F)cc1. The maximum atomic E-state index is 13.2. The summed E-state index contributed by atoms with van der Waals surface area (Å²) in [5.41, 5.74) is 2.58. The number of halogens is 1. The highest BCUT2D eigenvalue weighted by Crippen LogP contribution is 2.25. The van der Waals surface area contributed by atoms with E-state index in [4.69, 9.17) is 9.73 Å². The minimum atomic E-state index is -3.53. The number of rotatable bonds is 6. The summed E-state index contributed by atoms with van der Waals surface area (Å²) in [5.74, 6) is 0.0921. The fourth-order valence-corrected chi connectivity index (χ4v) is 5.90. The number of benzene rings is 2. The zero-order valence-electron chi connectivity index (χ0n) is 18.1. The van der Waals surface area contributed by atoms with Crippen LogP contribution in [-0.4, -0.2) is 43.6 Å². The van der Waals surface area contributed by atoms with Crippen molar-refractivity contribution in [2.75, 3.05) is 26.3 Å². The van der Waals surface area contributed by atoms with Crippen LogP contribution in [0.3, 0.4) is 0 Å². The van der Waals surface area contributed by atoms with Gasteiger partial charge in [0.25, 0.3) is 0 Å². The van der Waals surface area contributed by atoms with Gasteiger partial charge < -0.3 is 9.30 Å². The highest BCUT2D eigenvalue weighted by molar-refractivity contribution is 7.89. The predicted molar refractivity (Wildman–Crippen MR) is 124 cm³/mol. The normalized spacial score (nSPS) is 16.1. The third-order valence-electron chi connectivity index (χ3n) is 5.15. The molecule has 0 N–H and O–H groups in total. The highest BCUT2D eigenvalue weighted by atomic mass is 32.2. The Balaban J connectivity index is 1.68. The Morgan fingerprint density at radius 3 is 2.34 bits per heavy atom. The molecular weight excluding hydrogens is 449 g/mol. The van der Waals surface area contributed by atoms with E-state index in [0.717, 1.165) is 22.6 Å². The number of hydrogen-bond donors (Lipinski definition) is 0. The molecule has 1 aliphatic heterocycles. The summed E-state index contributed by atoms with van der Waals surface area (Å²) in [6.45, 7) is 6.60. The molecule has 0 bridgehead atoms. The fourth-order valence-electron chi connectivity index (χ4n) is 3.55. The largest absolute Gasteiger partial charge is 0.379 e. The van der Waals surface area contributed by atoms with Crippen molar-refractivity contribution < 1.29 is 17.5 Å². The summed E-state index contributed by atoms with van der Waals surface area (Å²) >= 11 is 1.51. The zero-order valence-corrected chi connectivity index (χ0v) is 19.7. The molecule has 0 atom stereocenters. The summed E-state index contributed by atoms with van der Waals surface area (Å²) in [4.78, 5) is 5.79. The van der Waals surface area contributed by atoms with Crippen LogP contribution in [0.25, 0.3) is 11.3 Å². The van der Waals surface area contributed by atoms with E-state index in [2.05, 4.69) is 18.4 Å². The van der Waals surface area contributed by atoms with Gasteiger partial charge in [0.15, 0.2) is 4.80 Å². The Bertz CT molecular complexity index is 1220. The smallest absolute Gasteiger partial charge is 0.243 e. The van der Waals surface area contributed by atoms with Crippen LogP contribution in [0.1, 0.15) is 13.8 Å². The van der Waals surface area contributed by atoms with Crippen LogP contribution in [0, 0.1) is 11.7 Å². The van der Waals surface area contributed by atoms with Gasteiger partial charge in [0, 0.05) is 25.0 Å². The molecule has 0 spiro atoms. The summed E-state index contributed by atoms with van der Waals surface area (Å²) in [5, 5.41) is 2.02. The van der Waals surface area contributed by atoms with Crippen LogP contribution >= 0.6 is 11.3 Å². The first-order chi connectivity index (χ1) is 15.3. The molecular formula is C23H26FN3O3S2. The number of nitrogens with zero attached hydrogens (tertiary/aromatic N) is 3. The topological polar surface area (TPSA) is 63.9 Å². The minimum Gasteiger partial charge on any atom is -0.379 e. The molecule has 1 aromatic heterocycles. The fraction of sp³-hybridized carbons (Fsp3) is 0.348. The second kappa shape index (κ2) is 9.66. The summed E-state index contributed by atoms with van der Waals surface area (Å²) in [7, 11) is -3.53. The monoisotopic (exact) mass is 475 g/mol. The molecule has 0 saturated carbocycles. The van der Waals surface area contributed by atoms with E-state index in [1.165, 1.54) is 27.8 Å². The van der Waals surface area contributed by atoms with Crippen LogP contribution in [-0.2, 0) is 21.3 Å². The molecule has 3 aromatic rings. The first-order valence-corrected chi connectivity index (χ1v) is 12.8. The van der Waals surface area contributed by atoms with Crippen molar-refractivity contribution in [3.8, 4) is 11.3 Å². The molecule has 1 aliphatic rings. The van der Waals surface area contributed by atoms with E-state index < -0.39 is 10.0 Å². The van der Waals surface area contributed by atoms with Gasteiger partial charge in [-0.3, -0.25) is 0 Å². The maximum absolute atomic E-state index is 13.2. The maximum Gasteiger partial charge on any atom is 0.243 e. The van der Waals surface area contributed by atoms with Crippen LogP contribution in [0.2, 0.25) is 0 Å². The van der Waals surface area contributed by atoms with Crippen molar-refractivity contribution in [2.24, 2.45) is 10.9 Å². The molecule has 0 unspecified atom stereocenters. The van der Waals surface area contributed by atoms with Gasteiger partial charge in [0.2, 0.25) is 10.0 Å². The average molecular weight is 476 g/mol. The van der Waals surface area contributed by atoms with E-state index >= 15 is 0 Å². The van der Waals surface area contributed by atoms with E-state index in [1.54, 1.807) is 24.3 Å². The van der Waals surface area contributed by atoms with E-state index in [-0.39, 0.29) is 10.7 Å². The lowest BCUT2D eigenvalue weighted by molar-refractivity contribution is 0.0730. The number of hydrogen-bond acceptors (Lipinski definition) is 5. The number of morpholine rings is 1. The quantitative estimate of drug-likeness (QED) is 0.535. The van der Waals surface area contributed by atoms with Crippen LogP contribution < -0.4 is 4.80 Å². The van der Waals surface area contributed by atoms with Crippen molar-refractivity contribution in [3.05, 3.63) is 64.5 Å². The molecule has 9 heteroatoms. The van der Waals surface area contributed by atoms with Crippen molar-refractivity contribution in [1.82, 2.24) is 8.87 Å². The first-order valence-electron chi connectivity index (χ1n) is 10.5. The van der Waals surface area contributed by atoms with E-state index in [9.17, 15) is 12.8 Å². The van der Waals surface area contributed by atoms with Gasteiger partial charge in [0.1, 0.15) is 5.82 Å². The van der Waals surface area contributed by atoms with Gasteiger partial charge in [-0.05, 0) is 47.9 Å². The molecule has 1 saturated heterocycles. The third-order valence-corrected chi connectivity index (χ3v) is 7.93. The van der Waals surface area contributed by atoms with Gasteiger partial charge in [-0.15, -0.1) is 11.3 Å². The van der Waals surface area contributed by atoms with Gasteiger partial charge in [-0.1, -0.05) is 26.0 Å². The molecule has 2 aromatic carbocycles. The number of sulfonamides is 1. The number of ether oxygens (including phenoxy) is 1. The summed E-state index contributed by atoms with van der Waals surface area (Å²) < 4.78 is 47.9. The molecule has 1 fully saturated rings. The standard InChI is InChI=1S/C23H26FN3O3S2/c1-17(2)15-27-22(16-31-23(27)25-20-7-5-19(24)6-8-20)18-3-9-21(10-4-18)32(28,29)26-11-13-30-14-12-26/h3-10,16-17H,11-15H2,1-2H3. The summed E-state index contributed by atoms with van der Waals surface area (Å²) in [6.07, 6.45) is 0. The molecule has 6 nitrogen and oxygen atoms in total. The molecule has 4 rings (SSSR count). The second-order valence-corrected chi connectivity index (χ2v) is 10.8. The lowest BCUT2D eigenvalue weighted by atomic mass is 10.1. The summed E-state index contributed by atoms with van der Waals surface area (Å²) in [6, 6.07) is 13.1. The van der Waals surface area contributed by atoms with E-state index in [0.29, 0.717) is 37.9 Å². The third kappa shape index (κ3) is 5.01.